The quantitative estimate of drug-likeness (QED) is 0.933. The van der Waals surface area contributed by atoms with Gasteiger partial charge in [-0.3, -0.25) is 4.98 Å². The molecule has 0 spiro atoms. The van der Waals surface area contributed by atoms with Crippen LogP contribution in [-0.2, 0) is 15.6 Å². The Labute approximate surface area is 118 Å². The van der Waals surface area contributed by atoms with Crippen LogP contribution in [0.3, 0.4) is 0 Å². The number of nitrogens with zero attached hydrogens (tertiary/aromatic N) is 1. The molecule has 0 unspecified atom stereocenters. The molecule has 2 aromatic rings. The number of benzene rings is 1. The predicted molar refractivity (Wildman–Crippen MR) is 68.4 cm³/mol. The zero-order chi connectivity index (χ0) is 15.6. The minimum Gasteiger partial charge on any atom is -0.478 e. The van der Waals surface area contributed by atoms with Gasteiger partial charge < -0.3 is 5.11 Å². The molecule has 1 aromatic carbocycles. The van der Waals surface area contributed by atoms with Gasteiger partial charge in [-0.15, -0.1) is 0 Å². The highest BCUT2D eigenvalue weighted by molar-refractivity contribution is 7.90. The SMILES string of the molecule is O=C(O)c1ccc(F)c(S(=O)(=O)Cc2cncc(F)c2)c1. The number of carboxylic acid groups (broad SMARTS) is 1. The van der Waals surface area contributed by atoms with Crippen molar-refractivity contribution in [3.8, 4) is 0 Å². The van der Waals surface area contributed by atoms with Gasteiger partial charge in [-0.1, -0.05) is 0 Å². The average Bonchev–Trinajstić information content (AvgIpc) is 2.38. The lowest BCUT2D eigenvalue weighted by Crippen LogP contribution is -2.09. The van der Waals surface area contributed by atoms with Crippen LogP contribution in [0.15, 0.2) is 41.6 Å². The largest absolute Gasteiger partial charge is 0.478 e. The maximum atomic E-state index is 13.6. The van der Waals surface area contributed by atoms with Gasteiger partial charge in [0, 0.05) is 6.20 Å². The van der Waals surface area contributed by atoms with Gasteiger partial charge in [0.1, 0.15) is 16.5 Å². The molecule has 110 valence electrons. The van der Waals surface area contributed by atoms with Crippen LogP contribution in [-0.4, -0.2) is 24.5 Å². The van der Waals surface area contributed by atoms with Gasteiger partial charge >= 0.3 is 5.97 Å². The number of sulfone groups is 1. The predicted octanol–water partition coefficient (Wildman–Crippen LogP) is 2.03. The lowest BCUT2D eigenvalue weighted by Gasteiger charge is -2.07. The number of hydrogen-bond donors (Lipinski definition) is 1. The van der Waals surface area contributed by atoms with Crippen molar-refractivity contribution < 1.29 is 27.1 Å². The summed E-state index contributed by atoms with van der Waals surface area (Å²) in [5.41, 5.74) is -0.317. The Morgan fingerprint density at radius 1 is 1.19 bits per heavy atom. The average molecular weight is 313 g/mol. The molecule has 2 rings (SSSR count). The molecule has 0 amide bonds. The van der Waals surface area contributed by atoms with Gasteiger partial charge in [0.15, 0.2) is 9.84 Å². The number of carboxylic acids is 1. The molecule has 8 heteroatoms. The van der Waals surface area contributed by atoms with Crippen LogP contribution < -0.4 is 0 Å². The van der Waals surface area contributed by atoms with E-state index in [4.69, 9.17) is 5.11 Å². The van der Waals surface area contributed by atoms with Gasteiger partial charge in [0.25, 0.3) is 0 Å². The van der Waals surface area contributed by atoms with E-state index in [2.05, 4.69) is 4.98 Å². The number of halogens is 2. The zero-order valence-electron chi connectivity index (χ0n) is 10.5. The second-order valence-corrected chi connectivity index (χ2v) is 6.18. The summed E-state index contributed by atoms with van der Waals surface area (Å²) in [7, 11) is -4.16. The third kappa shape index (κ3) is 3.40. The van der Waals surface area contributed by atoms with Crippen molar-refractivity contribution in [2.24, 2.45) is 0 Å². The molecule has 0 fully saturated rings. The lowest BCUT2D eigenvalue weighted by molar-refractivity contribution is 0.0696. The molecular formula is C13H9F2NO4S. The van der Waals surface area contributed by atoms with Crippen molar-refractivity contribution in [3.63, 3.8) is 0 Å². The van der Waals surface area contributed by atoms with E-state index in [-0.39, 0.29) is 11.1 Å². The first-order chi connectivity index (χ1) is 9.79. The minimum absolute atomic E-state index is 0.0372. The molecule has 0 saturated heterocycles. The maximum absolute atomic E-state index is 13.6. The summed E-state index contributed by atoms with van der Waals surface area (Å²) in [5.74, 6) is -3.84. The minimum atomic E-state index is -4.16. The van der Waals surface area contributed by atoms with Crippen LogP contribution in [0.25, 0.3) is 0 Å². The second-order valence-electron chi connectivity index (χ2n) is 4.22. The Morgan fingerprint density at radius 2 is 1.90 bits per heavy atom. The monoisotopic (exact) mass is 313 g/mol. The first-order valence-electron chi connectivity index (χ1n) is 5.64. The molecule has 0 saturated carbocycles. The standard InChI is InChI=1S/C13H9F2NO4S/c14-10-3-8(5-16-6-10)7-21(19,20)12-4-9(13(17)18)1-2-11(12)15/h1-6H,7H2,(H,17,18). The van der Waals surface area contributed by atoms with Crippen LogP contribution in [0.1, 0.15) is 15.9 Å². The third-order valence-electron chi connectivity index (χ3n) is 2.63. The summed E-state index contributed by atoms with van der Waals surface area (Å²) in [5, 5.41) is 8.82. The summed E-state index contributed by atoms with van der Waals surface area (Å²) in [6, 6.07) is 3.42. The second kappa shape index (κ2) is 5.57. The van der Waals surface area contributed by atoms with E-state index in [1.165, 1.54) is 0 Å². The third-order valence-corrected chi connectivity index (χ3v) is 4.33. The number of pyridine rings is 1. The first kappa shape index (κ1) is 15.0. The Balaban J connectivity index is 2.44. The molecule has 1 aromatic heterocycles. The molecule has 21 heavy (non-hydrogen) atoms. The zero-order valence-corrected chi connectivity index (χ0v) is 11.3. The normalized spacial score (nSPS) is 11.3. The number of aromatic nitrogens is 1. The molecule has 0 aliphatic carbocycles. The molecular weight excluding hydrogens is 304 g/mol. The molecule has 0 atom stereocenters. The number of hydrogen-bond acceptors (Lipinski definition) is 4. The van der Waals surface area contributed by atoms with E-state index < -0.39 is 38.1 Å². The van der Waals surface area contributed by atoms with Gasteiger partial charge in [0.2, 0.25) is 0 Å². The highest BCUT2D eigenvalue weighted by Crippen LogP contribution is 2.21. The van der Waals surface area contributed by atoms with E-state index >= 15 is 0 Å². The van der Waals surface area contributed by atoms with E-state index in [1.807, 2.05) is 0 Å². The van der Waals surface area contributed by atoms with Crippen molar-refractivity contribution in [3.05, 3.63) is 59.4 Å². The lowest BCUT2D eigenvalue weighted by atomic mass is 10.2. The van der Waals surface area contributed by atoms with E-state index in [1.54, 1.807) is 0 Å². The van der Waals surface area contributed by atoms with Gasteiger partial charge in [-0.05, 0) is 29.8 Å². The fourth-order valence-corrected chi connectivity index (χ4v) is 3.13. The highest BCUT2D eigenvalue weighted by atomic mass is 32.2. The smallest absolute Gasteiger partial charge is 0.335 e. The van der Waals surface area contributed by atoms with Crippen LogP contribution in [0.4, 0.5) is 8.78 Å². The molecule has 0 aliphatic heterocycles. The number of carbonyl (C=O) groups is 1. The topological polar surface area (TPSA) is 84.3 Å². The van der Waals surface area contributed by atoms with Crippen LogP contribution >= 0.6 is 0 Å². The first-order valence-corrected chi connectivity index (χ1v) is 7.30. The summed E-state index contributed by atoms with van der Waals surface area (Å²) < 4.78 is 50.9. The van der Waals surface area contributed by atoms with Crippen molar-refractivity contribution in [1.82, 2.24) is 4.98 Å². The summed E-state index contributed by atoms with van der Waals surface area (Å²) in [6.45, 7) is 0. The van der Waals surface area contributed by atoms with Crippen LogP contribution in [0, 0.1) is 11.6 Å². The van der Waals surface area contributed by atoms with Crippen LogP contribution in [0.5, 0.6) is 0 Å². The molecule has 0 bridgehead atoms. The Hall–Kier alpha value is -2.35. The van der Waals surface area contributed by atoms with Crippen molar-refractivity contribution in [1.29, 1.82) is 0 Å². The molecule has 1 heterocycles. The van der Waals surface area contributed by atoms with E-state index in [9.17, 15) is 22.0 Å². The molecule has 0 radical (unpaired) electrons. The van der Waals surface area contributed by atoms with Crippen molar-refractivity contribution in [2.45, 2.75) is 10.6 Å². The summed E-state index contributed by atoms with van der Waals surface area (Å²) >= 11 is 0. The Bertz CT molecular complexity index is 806. The maximum Gasteiger partial charge on any atom is 0.335 e. The number of rotatable bonds is 4. The van der Waals surface area contributed by atoms with Gasteiger partial charge in [-0.2, -0.15) is 0 Å². The van der Waals surface area contributed by atoms with E-state index in [0.29, 0.717) is 0 Å². The van der Waals surface area contributed by atoms with Gasteiger partial charge in [0.05, 0.1) is 17.5 Å². The van der Waals surface area contributed by atoms with E-state index in [0.717, 1.165) is 36.7 Å². The van der Waals surface area contributed by atoms with Gasteiger partial charge in [-0.25, -0.2) is 22.0 Å². The Morgan fingerprint density at radius 3 is 2.52 bits per heavy atom. The van der Waals surface area contributed by atoms with Crippen molar-refractivity contribution >= 4 is 15.8 Å². The van der Waals surface area contributed by atoms with Crippen LogP contribution in [0.2, 0.25) is 0 Å². The summed E-state index contributed by atoms with van der Waals surface area (Å²) in [6.07, 6.45) is 2.04. The Kier molecular flexibility index (Phi) is 3.99. The van der Waals surface area contributed by atoms with Crippen molar-refractivity contribution in [2.75, 3.05) is 0 Å². The summed E-state index contributed by atoms with van der Waals surface area (Å²) in [4.78, 5) is 13.6. The fraction of sp³-hybridized carbons (Fsp3) is 0.0769. The molecule has 5 nitrogen and oxygen atoms in total. The number of aromatic carboxylic acids is 1. The highest BCUT2D eigenvalue weighted by Gasteiger charge is 2.22. The molecule has 1 N–H and O–H groups in total. The fourth-order valence-electron chi connectivity index (χ4n) is 1.71. The molecule has 0 aliphatic rings.